The van der Waals surface area contributed by atoms with Crippen LogP contribution in [0.3, 0.4) is 0 Å². The van der Waals surface area contributed by atoms with E-state index in [2.05, 4.69) is 13.8 Å². The molecule has 0 aliphatic rings. The van der Waals surface area contributed by atoms with Crippen molar-refractivity contribution in [3.63, 3.8) is 0 Å². The van der Waals surface area contributed by atoms with Gasteiger partial charge in [0.05, 0.1) is 0 Å². The van der Waals surface area contributed by atoms with Gasteiger partial charge in [-0.05, 0) is 0 Å². The van der Waals surface area contributed by atoms with E-state index in [0.717, 1.165) is 0 Å². The molecule has 2 heteroatoms. The summed E-state index contributed by atoms with van der Waals surface area (Å²) in [5.74, 6) is 0. The van der Waals surface area contributed by atoms with Crippen LogP contribution < -0.4 is 0 Å². The predicted molar refractivity (Wildman–Crippen MR) is 66.1 cm³/mol. The van der Waals surface area contributed by atoms with Crippen LogP contribution in [0, 0.1) is 13.8 Å². The number of hydrogen-bond donors (Lipinski definition) is 0. The maximum atomic E-state index is 3.25. The van der Waals surface area contributed by atoms with Gasteiger partial charge >= 0.3 is 39.0 Å². The van der Waals surface area contributed by atoms with Crippen molar-refractivity contribution >= 4 is 0 Å². The van der Waals surface area contributed by atoms with Gasteiger partial charge in [0.2, 0.25) is 0 Å². The largest absolute Gasteiger partial charge is 2.00 e. The zero-order valence-corrected chi connectivity index (χ0v) is 13.4. The monoisotopic (exact) mass is 392 g/mol. The molecule has 0 unspecified atom stereocenters. The molecule has 0 aromatic heterocycles. The normalized spacial score (nSPS) is 5.75. The molecule has 0 saturated carbocycles. The van der Waals surface area contributed by atoms with Crippen molar-refractivity contribution in [1.29, 1.82) is 0 Å². The molecular weight excluding hydrogens is 370 g/mol. The Morgan fingerprint density at radius 1 is 0.562 bits per heavy atom. The van der Waals surface area contributed by atoms with Crippen molar-refractivity contribution < 1.29 is 39.0 Å². The average molecular weight is 390 g/mol. The van der Waals surface area contributed by atoms with Gasteiger partial charge in [0.15, 0.2) is 0 Å². The first kappa shape index (κ1) is 25.0. The molecule has 0 bridgehead atoms. The molecule has 0 atom stereocenters. The summed E-state index contributed by atoms with van der Waals surface area (Å²) in [6.45, 7) is 10.0. The maximum absolute atomic E-state index is 3.25. The van der Waals surface area contributed by atoms with Crippen molar-refractivity contribution in [3.05, 3.63) is 74.5 Å². The molecule has 2 aromatic carbocycles. The van der Waals surface area contributed by atoms with Crippen LogP contribution in [0.2, 0.25) is 0 Å². The molecule has 0 amide bonds. The fourth-order valence-corrected chi connectivity index (χ4v) is 0.642. The molecule has 0 spiro atoms. The van der Waals surface area contributed by atoms with E-state index < -0.39 is 0 Å². The second-order valence-electron chi connectivity index (χ2n) is 1.92. The summed E-state index contributed by atoms with van der Waals surface area (Å²) in [5, 5.41) is 0. The Labute approximate surface area is 127 Å². The predicted octanol–water partition coefficient (Wildman–Crippen LogP) is 4.49. The molecular formula is C14H20Ru2. The second-order valence-corrected chi connectivity index (χ2v) is 1.92. The van der Waals surface area contributed by atoms with Gasteiger partial charge in [0.25, 0.3) is 0 Å². The van der Waals surface area contributed by atoms with Crippen molar-refractivity contribution in [2.75, 3.05) is 0 Å². The van der Waals surface area contributed by atoms with E-state index in [9.17, 15) is 0 Å². The Hall–Kier alpha value is -0.0532. The van der Waals surface area contributed by atoms with Crippen molar-refractivity contribution in [3.8, 4) is 0 Å². The van der Waals surface area contributed by atoms with Gasteiger partial charge in [-0.15, -0.1) is 0 Å². The molecule has 0 heterocycles. The van der Waals surface area contributed by atoms with Crippen molar-refractivity contribution in [2.45, 2.75) is 13.8 Å². The van der Waals surface area contributed by atoms with Gasteiger partial charge in [0.1, 0.15) is 0 Å². The van der Waals surface area contributed by atoms with Gasteiger partial charge in [0, 0.05) is 0 Å². The van der Waals surface area contributed by atoms with Gasteiger partial charge in [-0.25, -0.2) is 24.3 Å². The van der Waals surface area contributed by atoms with E-state index in [-0.39, 0.29) is 39.0 Å². The van der Waals surface area contributed by atoms with Gasteiger partial charge in [-0.3, -0.25) is 0 Å². The average Bonchev–Trinajstić information content (AvgIpc) is 3.01. The Balaban J connectivity index is -0.0000000631. The first-order valence-electron chi connectivity index (χ1n) is 4.75. The first-order valence-corrected chi connectivity index (χ1v) is 4.75. The third-order valence-electron chi connectivity index (χ3n) is 1.11. The van der Waals surface area contributed by atoms with Gasteiger partial charge in [-0.1, -0.05) is 0 Å². The van der Waals surface area contributed by atoms with Crippen molar-refractivity contribution in [2.24, 2.45) is 0 Å². The van der Waals surface area contributed by atoms with Gasteiger partial charge < -0.3 is 13.8 Å². The summed E-state index contributed by atoms with van der Waals surface area (Å²) in [5.41, 5.74) is 0. The quantitative estimate of drug-likeness (QED) is 0.459. The van der Waals surface area contributed by atoms with Crippen LogP contribution in [0.5, 0.6) is 0 Å². The number of rotatable bonds is 0. The zero-order valence-electron chi connectivity index (χ0n) is 9.89. The Morgan fingerprint density at radius 2 is 0.750 bits per heavy atom. The van der Waals surface area contributed by atoms with Gasteiger partial charge in [-0.2, -0.15) is 50.2 Å². The molecule has 0 aliphatic carbocycles. The minimum Gasteiger partial charge on any atom is -0.346 e. The topological polar surface area (TPSA) is 0 Å². The Bertz CT molecular complexity index is 148. The SMILES string of the molecule is [CH2-]C.[CH2-]C.[Ru+2].[Ru+2].c1cc[cH-]c1.c1cc[cH-]c1. The van der Waals surface area contributed by atoms with Crippen LogP contribution in [0.4, 0.5) is 0 Å². The maximum Gasteiger partial charge on any atom is 2.00 e. The minimum absolute atomic E-state index is 0. The molecule has 0 aliphatic heterocycles. The molecule has 0 N–H and O–H groups in total. The van der Waals surface area contributed by atoms with Crippen LogP contribution in [-0.4, -0.2) is 0 Å². The summed E-state index contributed by atoms with van der Waals surface area (Å²) in [7, 11) is 0. The standard InChI is InChI=1S/2C5H5.2C2H5.2Ru/c2*1-2-4-5-3-1;2*1-2;;/h2*1-5H;2*1H2,2H3;;/q4*-1;2*+2. The third kappa shape index (κ3) is 23.6. The van der Waals surface area contributed by atoms with E-state index in [1.54, 1.807) is 13.8 Å². The summed E-state index contributed by atoms with van der Waals surface area (Å²) >= 11 is 0. The molecule has 0 nitrogen and oxygen atoms in total. The van der Waals surface area contributed by atoms with Crippen LogP contribution >= 0.6 is 0 Å². The summed E-state index contributed by atoms with van der Waals surface area (Å²) in [6.07, 6.45) is 0. The molecule has 92 valence electrons. The van der Waals surface area contributed by atoms with Crippen LogP contribution in [0.25, 0.3) is 0 Å². The second kappa shape index (κ2) is 29.4. The molecule has 0 saturated heterocycles. The van der Waals surface area contributed by atoms with Crippen LogP contribution in [0.1, 0.15) is 13.8 Å². The Kier molecular flexibility index (Phi) is 45.8. The van der Waals surface area contributed by atoms with E-state index >= 15 is 0 Å². The van der Waals surface area contributed by atoms with E-state index in [4.69, 9.17) is 0 Å². The molecule has 16 heavy (non-hydrogen) atoms. The third-order valence-corrected chi connectivity index (χ3v) is 1.11. The molecule has 0 fully saturated rings. The van der Waals surface area contributed by atoms with Crippen LogP contribution in [0.15, 0.2) is 60.7 Å². The molecule has 2 aromatic rings. The smallest absolute Gasteiger partial charge is 0.346 e. The number of hydrogen-bond acceptors (Lipinski definition) is 0. The molecule has 2 rings (SSSR count). The fraction of sp³-hybridized carbons (Fsp3) is 0.143. The fourth-order valence-electron chi connectivity index (χ4n) is 0.642. The van der Waals surface area contributed by atoms with Crippen LogP contribution in [-0.2, 0) is 39.0 Å². The van der Waals surface area contributed by atoms with E-state index in [1.807, 2.05) is 60.7 Å². The summed E-state index contributed by atoms with van der Waals surface area (Å²) < 4.78 is 0. The van der Waals surface area contributed by atoms with E-state index in [1.165, 1.54) is 0 Å². The Morgan fingerprint density at radius 3 is 0.812 bits per heavy atom. The summed E-state index contributed by atoms with van der Waals surface area (Å²) in [6, 6.07) is 20.0. The van der Waals surface area contributed by atoms with E-state index in [0.29, 0.717) is 0 Å². The van der Waals surface area contributed by atoms with Crippen molar-refractivity contribution in [1.82, 2.24) is 0 Å². The zero-order chi connectivity index (χ0) is 11.1. The minimum atomic E-state index is 0. The summed E-state index contributed by atoms with van der Waals surface area (Å²) in [4.78, 5) is 0. The first-order chi connectivity index (χ1) is 7.00. The molecule has 0 radical (unpaired) electrons.